The van der Waals surface area contributed by atoms with E-state index in [1.165, 1.54) is 0 Å². The fourth-order valence-electron chi connectivity index (χ4n) is 6.04. The summed E-state index contributed by atoms with van der Waals surface area (Å²) in [5.74, 6) is -0.452. The van der Waals surface area contributed by atoms with Gasteiger partial charge >= 0.3 is 0 Å². The molecule has 0 radical (unpaired) electrons. The average Bonchev–Trinajstić information content (AvgIpc) is 3.08. The number of amides is 3. The second-order valence-electron chi connectivity index (χ2n) is 9.93. The van der Waals surface area contributed by atoms with E-state index in [1.54, 1.807) is 4.90 Å². The summed E-state index contributed by atoms with van der Waals surface area (Å²) in [6.07, 6.45) is 2.98. The van der Waals surface area contributed by atoms with Gasteiger partial charge in [-0.1, -0.05) is 18.2 Å². The predicted octanol–water partition coefficient (Wildman–Crippen LogP) is 0.222. The number of carbonyl (C=O) groups is 3. The van der Waals surface area contributed by atoms with Crippen LogP contribution in [0.4, 0.5) is 0 Å². The van der Waals surface area contributed by atoms with Crippen molar-refractivity contribution < 1.29 is 22.8 Å². The SMILES string of the molecule is NCC1CC2(C1)CC(NCc1cccc3c1C(=O)N(C1CCC(=O)NC1=O)C3)CCS2(=O)=O. The van der Waals surface area contributed by atoms with E-state index in [9.17, 15) is 22.8 Å². The Labute approximate surface area is 193 Å². The Hall–Kier alpha value is -2.30. The summed E-state index contributed by atoms with van der Waals surface area (Å²) in [6, 6.07) is 5.13. The van der Waals surface area contributed by atoms with Gasteiger partial charge in [0.25, 0.3) is 5.91 Å². The van der Waals surface area contributed by atoms with Gasteiger partial charge in [-0.05, 0) is 55.7 Å². The molecule has 33 heavy (non-hydrogen) atoms. The van der Waals surface area contributed by atoms with E-state index in [0.29, 0.717) is 57.3 Å². The molecule has 3 aliphatic heterocycles. The third-order valence-electron chi connectivity index (χ3n) is 7.89. The Kier molecular flexibility index (Phi) is 5.57. The van der Waals surface area contributed by atoms with Crippen molar-refractivity contribution in [2.24, 2.45) is 11.7 Å². The maximum Gasteiger partial charge on any atom is 0.255 e. The zero-order valence-corrected chi connectivity index (χ0v) is 19.3. The molecule has 9 nitrogen and oxygen atoms in total. The summed E-state index contributed by atoms with van der Waals surface area (Å²) in [5, 5.41) is 5.83. The fraction of sp³-hybridized carbons (Fsp3) is 0.609. The lowest BCUT2D eigenvalue weighted by molar-refractivity contribution is -0.136. The first-order valence-corrected chi connectivity index (χ1v) is 13.3. The van der Waals surface area contributed by atoms with Gasteiger partial charge in [-0.2, -0.15) is 0 Å². The van der Waals surface area contributed by atoms with Gasteiger partial charge in [0, 0.05) is 31.1 Å². The normalized spacial score (nSPS) is 33.1. The molecule has 2 saturated heterocycles. The van der Waals surface area contributed by atoms with Crippen molar-refractivity contribution in [1.82, 2.24) is 15.5 Å². The summed E-state index contributed by atoms with van der Waals surface area (Å²) in [4.78, 5) is 38.6. The number of nitrogens with zero attached hydrogens (tertiary/aromatic N) is 1. The monoisotopic (exact) mass is 474 g/mol. The van der Waals surface area contributed by atoms with E-state index < -0.39 is 26.5 Å². The number of imide groups is 1. The number of hydrogen-bond donors (Lipinski definition) is 3. The molecule has 1 aliphatic carbocycles. The van der Waals surface area contributed by atoms with Crippen molar-refractivity contribution >= 4 is 27.6 Å². The van der Waals surface area contributed by atoms with Crippen LogP contribution >= 0.6 is 0 Å². The standard InChI is InChI=1S/C23H30N4O5S/c24-11-14-8-23(9-14)10-17(6-7-33(23,31)32)25-12-15-2-1-3-16-13-27(22(30)20(15)16)18-4-5-19(28)26-21(18)29/h1-3,14,17-18,25H,4-13,24H2,(H,26,28,29). The van der Waals surface area contributed by atoms with Gasteiger partial charge in [-0.15, -0.1) is 0 Å². The topological polar surface area (TPSA) is 139 Å². The molecule has 0 bridgehead atoms. The maximum absolute atomic E-state index is 13.2. The van der Waals surface area contributed by atoms with E-state index in [4.69, 9.17) is 5.73 Å². The molecule has 3 heterocycles. The van der Waals surface area contributed by atoms with E-state index in [1.807, 2.05) is 18.2 Å². The van der Waals surface area contributed by atoms with Gasteiger partial charge in [-0.3, -0.25) is 19.7 Å². The molecule has 1 spiro atoms. The largest absolute Gasteiger partial charge is 0.330 e. The summed E-state index contributed by atoms with van der Waals surface area (Å²) in [6.45, 7) is 1.33. The molecule has 1 saturated carbocycles. The van der Waals surface area contributed by atoms with Gasteiger partial charge in [0.15, 0.2) is 9.84 Å². The van der Waals surface area contributed by atoms with Crippen LogP contribution in [0.2, 0.25) is 0 Å². The van der Waals surface area contributed by atoms with Gasteiger partial charge in [0.1, 0.15) is 6.04 Å². The van der Waals surface area contributed by atoms with Crippen LogP contribution in [0.1, 0.15) is 60.0 Å². The highest BCUT2D eigenvalue weighted by atomic mass is 32.2. The van der Waals surface area contributed by atoms with Crippen LogP contribution < -0.4 is 16.4 Å². The zero-order valence-electron chi connectivity index (χ0n) is 18.5. The first-order valence-electron chi connectivity index (χ1n) is 11.6. The van der Waals surface area contributed by atoms with Crippen LogP contribution in [0.15, 0.2) is 18.2 Å². The molecule has 1 aromatic carbocycles. The predicted molar refractivity (Wildman–Crippen MR) is 121 cm³/mol. The van der Waals surface area contributed by atoms with E-state index in [0.717, 1.165) is 11.1 Å². The minimum absolute atomic E-state index is 0.0610. The van der Waals surface area contributed by atoms with Crippen LogP contribution in [0, 0.1) is 5.92 Å². The molecular formula is C23H30N4O5S. The zero-order chi connectivity index (χ0) is 23.4. The van der Waals surface area contributed by atoms with E-state index in [2.05, 4.69) is 10.6 Å². The quantitative estimate of drug-likeness (QED) is 0.519. The number of carbonyl (C=O) groups excluding carboxylic acids is 3. The van der Waals surface area contributed by atoms with Gasteiger partial charge in [-0.25, -0.2) is 8.42 Å². The minimum atomic E-state index is -3.11. The smallest absolute Gasteiger partial charge is 0.255 e. The number of nitrogens with one attached hydrogen (secondary N) is 2. The molecule has 5 rings (SSSR count). The summed E-state index contributed by atoms with van der Waals surface area (Å²) in [5.41, 5.74) is 8.07. The molecule has 178 valence electrons. The summed E-state index contributed by atoms with van der Waals surface area (Å²) >= 11 is 0. The lowest BCUT2D eigenvalue weighted by Crippen LogP contribution is -2.59. The molecule has 4 N–H and O–H groups in total. The van der Waals surface area contributed by atoms with Crippen LogP contribution in [-0.2, 0) is 32.5 Å². The second-order valence-corrected chi connectivity index (χ2v) is 12.4. The molecule has 3 fully saturated rings. The molecule has 4 aliphatic rings. The van der Waals surface area contributed by atoms with Crippen molar-refractivity contribution in [2.45, 2.75) is 68.4 Å². The Morgan fingerprint density at radius 1 is 1.15 bits per heavy atom. The third-order valence-corrected chi connectivity index (χ3v) is 10.5. The fourth-order valence-corrected chi connectivity index (χ4v) is 8.50. The second kappa shape index (κ2) is 8.18. The number of fused-ring (bicyclic) bond motifs is 1. The van der Waals surface area contributed by atoms with Crippen molar-refractivity contribution in [1.29, 1.82) is 0 Å². The Balaban J connectivity index is 1.28. The number of hydrogen-bond acceptors (Lipinski definition) is 7. The molecule has 3 amide bonds. The highest BCUT2D eigenvalue weighted by Crippen LogP contribution is 2.49. The van der Waals surface area contributed by atoms with Crippen LogP contribution in [0.5, 0.6) is 0 Å². The molecule has 2 unspecified atom stereocenters. The van der Waals surface area contributed by atoms with Crippen LogP contribution in [0.25, 0.3) is 0 Å². The summed E-state index contributed by atoms with van der Waals surface area (Å²) < 4.78 is 24.8. The van der Waals surface area contributed by atoms with Crippen LogP contribution in [0.3, 0.4) is 0 Å². The van der Waals surface area contributed by atoms with Crippen LogP contribution in [-0.4, -0.2) is 60.2 Å². The van der Waals surface area contributed by atoms with E-state index >= 15 is 0 Å². The molecule has 10 heteroatoms. The lowest BCUT2D eigenvalue weighted by atomic mass is 9.70. The third kappa shape index (κ3) is 3.77. The Morgan fingerprint density at radius 2 is 1.94 bits per heavy atom. The van der Waals surface area contributed by atoms with Gasteiger partial charge in [0.2, 0.25) is 11.8 Å². The van der Waals surface area contributed by atoms with Gasteiger partial charge < -0.3 is 16.0 Å². The minimum Gasteiger partial charge on any atom is -0.330 e. The number of nitrogens with two attached hydrogens (primary N) is 1. The first-order chi connectivity index (χ1) is 15.7. The highest BCUT2D eigenvalue weighted by Gasteiger charge is 2.55. The van der Waals surface area contributed by atoms with Gasteiger partial charge in [0.05, 0.1) is 10.5 Å². The molecule has 0 aromatic heterocycles. The number of sulfone groups is 1. The Morgan fingerprint density at radius 3 is 2.67 bits per heavy atom. The number of rotatable bonds is 5. The average molecular weight is 475 g/mol. The van der Waals surface area contributed by atoms with Crippen molar-refractivity contribution in [2.75, 3.05) is 12.3 Å². The number of benzene rings is 1. The number of piperidine rings is 1. The highest BCUT2D eigenvalue weighted by molar-refractivity contribution is 7.92. The van der Waals surface area contributed by atoms with Crippen molar-refractivity contribution in [3.63, 3.8) is 0 Å². The molecule has 1 aromatic rings. The van der Waals surface area contributed by atoms with Crippen molar-refractivity contribution in [3.8, 4) is 0 Å². The molecule has 2 atom stereocenters. The van der Waals surface area contributed by atoms with E-state index in [-0.39, 0.29) is 35.9 Å². The first kappa shape index (κ1) is 22.5. The Bertz CT molecular complexity index is 1110. The molecular weight excluding hydrogens is 444 g/mol. The maximum atomic E-state index is 13.2. The summed E-state index contributed by atoms with van der Waals surface area (Å²) in [7, 11) is -3.11. The lowest BCUT2D eigenvalue weighted by Gasteiger charge is -2.50. The van der Waals surface area contributed by atoms with Crippen molar-refractivity contribution in [3.05, 3.63) is 34.9 Å².